The highest BCUT2D eigenvalue weighted by molar-refractivity contribution is 7.13. The SMILES string of the molecule is Cc1ccc(Cl)cc1N1C(=O)c2cc(-c3cccs3)nn2C[C@@]1(C)C(=O)NC(C)(C)C. The molecule has 0 bridgehead atoms. The molecule has 0 radical (unpaired) electrons. The molecule has 162 valence electrons. The van der Waals surface area contributed by atoms with E-state index >= 15 is 0 Å². The van der Waals surface area contributed by atoms with Crippen molar-refractivity contribution in [3.05, 3.63) is 58.1 Å². The van der Waals surface area contributed by atoms with Gasteiger partial charge in [0.2, 0.25) is 5.91 Å². The summed E-state index contributed by atoms with van der Waals surface area (Å²) in [5, 5.41) is 10.2. The number of nitrogens with one attached hydrogen (secondary N) is 1. The molecule has 1 aliphatic heterocycles. The maximum atomic E-state index is 13.8. The molecule has 2 aromatic heterocycles. The molecule has 0 unspecified atom stereocenters. The van der Waals surface area contributed by atoms with Crippen molar-refractivity contribution in [3.63, 3.8) is 0 Å². The van der Waals surface area contributed by atoms with Crippen LogP contribution in [0.3, 0.4) is 0 Å². The Morgan fingerprint density at radius 2 is 2.00 bits per heavy atom. The molecule has 31 heavy (non-hydrogen) atoms. The van der Waals surface area contributed by atoms with E-state index in [-0.39, 0.29) is 18.4 Å². The van der Waals surface area contributed by atoms with Crippen molar-refractivity contribution >= 4 is 40.4 Å². The van der Waals surface area contributed by atoms with Gasteiger partial charge in [-0.15, -0.1) is 11.3 Å². The van der Waals surface area contributed by atoms with E-state index in [0.717, 1.165) is 16.1 Å². The minimum absolute atomic E-state index is 0.229. The van der Waals surface area contributed by atoms with Gasteiger partial charge in [-0.05, 0) is 69.8 Å². The lowest BCUT2D eigenvalue weighted by Gasteiger charge is -2.44. The molecule has 1 aliphatic rings. The molecule has 4 rings (SSSR count). The van der Waals surface area contributed by atoms with Crippen LogP contribution in [0.2, 0.25) is 5.02 Å². The number of aryl methyl sites for hydroxylation is 1. The van der Waals surface area contributed by atoms with E-state index in [4.69, 9.17) is 11.6 Å². The number of nitrogens with zero attached hydrogens (tertiary/aromatic N) is 3. The molecule has 8 heteroatoms. The number of halogens is 1. The molecule has 6 nitrogen and oxygen atoms in total. The number of anilines is 1. The van der Waals surface area contributed by atoms with Gasteiger partial charge in [0.25, 0.3) is 5.91 Å². The van der Waals surface area contributed by atoms with Gasteiger partial charge in [0.1, 0.15) is 16.9 Å². The molecule has 1 aromatic carbocycles. The molecule has 1 atom stereocenters. The van der Waals surface area contributed by atoms with Crippen molar-refractivity contribution in [2.75, 3.05) is 4.90 Å². The Balaban J connectivity index is 1.88. The summed E-state index contributed by atoms with van der Waals surface area (Å²) < 4.78 is 1.65. The third kappa shape index (κ3) is 3.88. The average Bonchev–Trinajstić information content (AvgIpc) is 3.32. The summed E-state index contributed by atoms with van der Waals surface area (Å²) >= 11 is 7.84. The van der Waals surface area contributed by atoms with Crippen LogP contribution in [0.1, 0.15) is 43.7 Å². The van der Waals surface area contributed by atoms with Gasteiger partial charge >= 0.3 is 0 Å². The summed E-state index contributed by atoms with van der Waals surface area (Å²) in [5.41, 5.74) is 1.01. The molecule has 1 N–H and O–H groups in total. The maximum absolute atomic E-state index is 13.8. The Morgan fingerprint density at radius 1 is 1.26 bits per heavy atom. The Morgan fingerprint density at radius 3 is 2.65 bits per heavy atom. The van der Waals surface area contributed by atoms with Gasteiger partial charge in [-0.2, -0.15) is 5.10 Å². The van der Waals surface area contributed by atoms with Crippen LogP contribution in [0.25, 0.3) is 10.6 Å². The van der Waals surface area contributed by atoms with Crippen LogP contribution in [0.15, 0.2) is 41.8 Å². The number of amides is 2. The first-order valence-electron chi connectivity index (χ1n) is 10.0. The molecular weight excluding hydrogens is 432 g/mol. The first-order valence-corrected chi connectivity index (χ1v) is 11.3. The minimum atomic E-state index is -1.19. The lowest BCUT2D eigenvalue weighted by Crippen LogP contribution is -2.66. The third-order valence-corrected chi connectivity index (χ3v) is 6.44. The Labute approximate surface area is 190 Å². The van der Waals surface area contributed by atoms with E-state index in [1.165, 1.54) is 0 Å². The van der Waals surface area contributed by atoms with Crippen molar-refractivity contribution in [2.24, 2.45) is 0 Å². The molecule has 3 heterocycles. The second-order valence-electron chi connectivity index (χ2n) is 9.10. The second-order valence-corrected chi connectivity index (χ2v) is 10.5. The van der Waals surface area contributed by atoms with Gasteiger partial charge in [0.15, 0.2) is 0 Å². The summed E-state index contributed by atoms with van der Waals surface area (Å²) in [7, 11) is 0. The van der Waals surface area contributed by atoms with E-state index in [2.05, 4.69) is 10.4 Å². The van der Waals surface area contributed by atoms with Gasteiger partial charge in [0.05, 0.1) is 11.4 Å². The molecular formula is C23H25ClN4O2S. The van der Waals surface area contributed by atoms with Gasteiger partial charge < -0.3 is 5.32 Å². The van der Waals surface area contributed by atoms with Crippen LogP contribution in [-0.4, -0.2) is 32.7 Å². The van der Waals surface area contributed by atoms with E-state index in [1.807, 2.05) is 51.3 Å². The number of thiophene rings is 1. The standard InChI is InChI=1S/C23H25ClN4O2S/c1-14-8-9-15(24)11-17(14)28-20(29)18-12-16(19-7-6-10-31-19)26-27(18)13-23(28,5)21(30)25-22(2,3)4/h6-12H,13H2,1-5H3,(H,25,30)/t23-/m0/s1. The van der Waals surface area contributed by atoms with Crippen molar-refractivity contribution in [1.29, 1.82) is 0 Å². The molecule has 0 spiro atoms. The lowest BCUT2D eigenvalue weighted by atomic mass is 9.92. The Bertz CT molecular complexity index is 1160. The van der Waals surface area contributed by atoms with Crippen LogP contribution in [0.4, 0.5) is 5.69 Å². The molecule has 0 saturated heterocycles. The highest BCUT2D eigenvalue weighted by atomic mass is 35.5. The smallest absolute Gasteiger partial charge is 0.277 e. The van der Waals surface area contributed by atoms with Crippen molar-refractivity contribution in [1.82, 2.24) is 15.1 Å². The number of hydrogen-bond acceptors (Lipinski definition) is 4. The first kappa shape index (κ1) is 21.6. The van der Waals surface area contributed by atoms with Gasteiger partial charge in [-0.1, -0.05) is 23.7 Å². The summed E-state index contributed by atoms with van der Waals surface area (Å²) in [6, 6.07) is 11.1. The Kier molecular flexibility index (Phi) is 5.22. The fraction of sp³-hybridized carbons (Fsp3) is 0.348. The number of fused-ring (bicyclic) bond motifs is 1. The number of carbonyl (C=O) groups excluding carboxylic acids is 2. The van der Waals surface area contributed by atoms with Crippen molar-refractivity contribution in [3.8, 4) is 10.6 Å². The van der Waals surface area contributed by atoms with Gasteiger partial charge in [0, 0.05) is 16.2 Å². The normalized spacial score (nSPS) is 18.8. The highest BCUT2D eigenvalue weighted by Crippen LogP contribution is 2.37. The number of carbonyl (C=O) groups is 2. The first-order chi connectivity index (χ1) is 14.5. The van der Waals surface area contributed by atoms with Crippen molar-refractivity contribution in [2.45, 2.75) is 52.2 Å². The zero-order chi connectivity index (χ0) is 22.6. The molecule has 2 amide bonds. The summed E-state index contributed by atoms with van der Waals surface area (Å²) in [6.45, 7) is 9.67. The summed E-state index contributed by atoms with van der Waals surface area (Å²) in [4.78, 5) is 29.9. The fourth-order valence-corrected chi connectivity index (χ4v) is 4.65. The van der Waals surface area contributed by atoms with Crippen LogP contribution in [0, 0.1) is 6.92 Å². The number of hydrogen-bond donors (Lipinski definition) is 1. The molecule has 3 aromatic rings. The number of aromatic nitrogens is 2. The zero-order valence-corrected chi connectivity index (χ0v) is 19.8. The van der Waals surface area contributed by atoms with Crippen LogP contribution < -0.4 is 10.2 Å². The average molecular weight is 457 g/mol. The number of rotatable bonds is 3. The monoisotopic (exact) mass is 456 g/mol. The molecule has 0 fully saturated rings. The highest BCUT2D eigenvalue weighted by Gasteiger charge is 2.50. The minimum Gasteiger partial charge on any atom is -0.349 e. The van der Waals surface area contributed by atoms with Crippen molar-refractivity contribution < 1.29 is 9.59 Å². The van der Waals surface area contributed by atoms with Gasteiger partial charge in [-0.25, -0.2) is 0 Å². The van der Waals surface area contributed by atoms with Crippen LogP contribution >= 0.6 is 22.9 Å². The van der Waals surface area contributed by atoms with E-state index in [1.54, 1.807) is 46.0 Å². The molecule has 0 aliphatic carbocycles. The van der Waals surface area contributed by atoms with E-state index < -0.39 is 11.1 Å². The van der Waals surface area contributed by atoms with Gasteiger partial charge in [-0.3, -0.25) is 19.2 Å². The maximum Gasteiger partial charge on any atom is 0.277 e. The zero-order valence-electron chi connectivity index (χ0n) is 18.2. The third-order valence-electron chi connectivity index (χ3n) is 5.32. The lowest BCUT2D eigenvalue weighted by molar-refractivity contribution is -0.128. The Hall–Kier alpha value is -2.64. The predicted molar refractivity (Wildman–Crippen MR) is 125 cm³/mol. The van der Waals surface area contributed by atoms with E-state index in [0.29, 0.717) is 16.4 Å². The van der Waals surface area contributed by atoms with Crippen LogP contribution in [0.5, 0.6) is 0 Å². The van der Waals surface area contributed by atoms with E-state index in [9.17, 15) is 9.59 Å². The second kappa shape index (κ2) is 7.50. The predicted octanol–water partition coefficient (Wildman–Crippen LogP) is 4.91. The summed E-state index contributed by atoms with van der Waals surface area (Å²) in [6.07, 6.45) is 0. The molecule has 0 saturated carbocycles. The quantitative estimate of drug-likeness (QED) is 0.609. The van der Waals surface area contributed by atoms with Crippen LogP contribution in [-0.2, 0) is 11.3 Å². The topological polar surface area (TPSA) is 67.2 Å². The largest absolute Gasteiger partial charge is 0.349 e. The fourth-order valence-electron chi connectivity index (χ4n) is 3.80. The number of benzene rings is 1. The summed E-state index contributed by atoms with van der Waals surface area (Å²) in [5.74, 6) is -0.523.